The zero-order chi connectivity index (χ0) is 18.8. The topological polar surface area (TPSA) is 64.9 Å². The number of anilines is 2. The average molecular weight is 371 g/mol. The zero-order valence-electron chi connectivity index (χ0n) is 14.8. The van der Waals surface area contributed by atoms with Crippen LogP contribution in [0.25, 0.3) is 5.82 Å². The summed E-state index contributed by atoms with van der Waals surface area (Å²) < 4.78 is 30.9. The maximum atomic E-state index is 12.2. The SMILES string of the molecule is Cc1nc2c(n1-c1cncc(Nc3ccc(OC(F)F)cc3)n1)CCCC2. The van der Waals surface area contributed by atoms with Gasteiger partial charge in [-0.05, 0) is 56.9 Å². The maximum Gasteiger partial charge on any atom is 0.387 e. The lowest BCUT2D eigenvalue weighted by Gasteiger charge is -2.15. The van der Waals surface area contributed by atoms with E-state index in [1.54, 1.807) is 24.5 Å². The Hall–Kier alpha value is -3.03. The molecule has 0 fully saturated rings. The second kappa shape index (κ2) is 7.30. The van der Waals surface area contributed by atoms with Crippen LogP contribution in [0.2, 0.25) is 0 Å². The first-order valence-corrected chi connectivity index (χ1v) is 8.81. The minimum atomic E-state index is -2.84. The Kier molecular flexibility index (Phi) is 4.70. The van der Waals surface area contributed by atoms with Gasteiger partial charge in [0.1, 0.15) is 11.6 Å². The first kappa shape index (κ1) is 17.4. The van der Waals surface area contributed by atoms with Crippen LogP contribution in [0.15, 0.2) is 36.7 Å². The number of hydrogen-bond acceptors (Lipinski definition) is 5. The third kappa shape index (κ3) is 3.74. The standard InChI is InChI=1S/C19H19F2N5O/c1-12-23-15-4-2-3-5-16(15)26(12)18-11-22-10-17(25-18)24-13-6-8-14(9-7-13)27-19(20)21/h6-11,19H,2-5H2,1H3,(H,24,25). The van der Waals surface area contributed by atoms with Crippen LogP contribution in [0.3, 0.4) is 0 Å². The Morgan fingerprint density at radius 2 is 1.85 bits per heavy atom. The van der Waals surface area contributed by atoms with Crippen LogP contribution in [0.5, 0.6) is 5.75 Å². The molecule has 0 saturated carbocycles. The van der Waals surface area contributed by atoms with Crippen molar-refractivity contribution in [2.75, 3.05) is 5.32 Å². The molecule has 0 amide bonds. The molecule has 1 aliphatic rings. The molecule has 0 aliphatic heterocycles. The van der Waals surface area contributed by atoms with Gasteiger partial charge >= 0.3 is 6.61 Å². The quantitative estimate of drug-likeness (QED) is 0.728. The van der Waals surface area contributed by atoms with E-state index in [2.05, 4.69) is 29.6 Å². The van der Waals surface area contributed by atoms with Crippen LogP contribution in [0.1, 0.15) is 30.1 Å². The van der Waals surface area contributed by atoms with Gasteiger partial charge in [-0.25, -0.2) is 9.97 Å². The predicted molar refractivity (Wildman–Crippen MR) is 96.9 cm³/mol. The van der Waals surface area contributed by atoms with Crippen molar-refractivity contribution in [1.29, 1.82) is 0 Å². The number of nitrogens with one attached hydrogen (secondary N) is 1. The molecule has 8 heteroatoms. The van der Waals surface area contributed by atoms with E-state index in [4.69, 9.17) is 0 Å². The number of aryl methyl sites for hydroxylation is 2. The summed E-state index contributed by atoms with van der Waals surface area (Å²) >= 11 is 0. The highest BCUT2D eigenvalue weighted by molar-refractivity contribution is 5.57. The van der Waals surface area contributed by atoms with Gasteiger partial charge in [0.2, 0.25) is 0 Å². The molecule has 2 aromatic heterocycles. The zero-order valence-corrected chi connectivity index (χ0v) is 14.8. The molecule has 0 saturated heterocycles. The lowest BCUT2D eigenvalue weighted by atomic mass is 10.0. The number of imidazole rings is 1. The normalized spacial score (nSPS) is 13.5. The van der Waals surface area contributed by atoms with Crippen molar-refractivity contribution in [2.24, 2.45) is 0 Å². The summed E-state index contributed by atoms with van der Waals surface area (Å²) in [6.45, 7) is -0.863. The van der Waals surface area contributed by atoms with Crippen LogP contribution in [-0.4, -0.2) is 26.1 Å². The Morgan fingerprint density at radius 3 is 2.63 bits per heavy atom. The third-order valence-electron chi connectivity index (χ3n) is 4.50. The molecule has 0 bridgehead atoms. The first-order chi connectivity index (χ1) is 13.1. The van der Waals surface area contributed by atoms with E-state index < -0.39 is 6.61 Å². The molecule has 3 aromatic rings. The fourth-order valence-corrected chi connectivity index (χ4v) is 3.37. The van der Waals surface area contributed by atoms with Gasteiger partial charge in [0.15, 0.2) is 11.6 Å². The van der Waals surface area contributed by atoms with E-state index in [-0.39, 0.29) is 5.75 Å². The Bertz CT molecular complexity index is 940. The van der Waals surface area contributed by atoms with E-state index >= 15 is 0 Å². The number of fused-ring (bicyclic) bond motifs is 1. The number of nitrogens with zero attached hydrogens (tertiary/aromatic N) is 4. The number of aromatic nitrogens is 4. The molecule has 6 nitrogen and oxygen atoms in total. The summed E-state index contributed by atoms with van der Waals surface area (Å²) in [7, 11) is 0. The van der Waals surface area contributed by atoms with Gasteiger partial charge < -0.3 is 10.1 Å². The number of ether oxygens (including phenoxy) is 1. The van der Waals surface area contributed by atoms with E-state index in [9.17, 15) is 8.78 Å². The minimum Gasteiger partial charge on any atom is -0.435 e. The predicted octanol–water partition coefficient (Wildman–Crippen LogP) is 4.19. The second-order valence-corrected chi connectivity index (χ2v) is 6.39. The molecule has 1 N–H and O–H groups in total. The van der Waals surface area contributed by atoms with Gasteiger partial charge in [0.05, 0.1) is 18.1 Å². The summed E-state index contributed by atoms with van der Waals surface area (Å²) in [5.74, 6) is 2.29. The lowest BCUT2D eigenvalue weighted by Crippen LogP contribution is -2.10. The lowest BCUT2D eigenvalue weighted by molar-refractivity contribution is -0.0498. The van der Waals surface area contributed by atoms with Crippen LogP contribution in [0, 0.1) is 6.92 Å². The van der Waals surface area contributed by atoms with Gasteiger partial charge in [-0.1, -0.05) is 0 Å². The molecular formula is C19H19F2N5O. The first-order valence-electron chi connectivity index (χ1n) is 8.81. The van der Waals surface area contributed by atoms with Crippen LogP contribution >= 0.6 is 0 Å². The average Bonchev–Trinajstić information content (AvgIpc) is 2.99. The molecule has 140 valence electrons. The fourth-order valence-electron chi connectivity index (χ4n) is 3.37. The van der Waals surface area contributed by atoms with Crippen LogP contribution < -0.4 is 10.1 Å². The van der Waals surface area contributed by atoms with Crippen molar-refractivity contribution in [3.8, 4) is 11.6 Å². The van der Waals surface area contributed by atoms with Crippen LogP contribution in [-0.2, 0) is 12.8 Å². The largest absolute Gasteiger partial charge is 0.435 e. The van der Waals surface area contributed by atoms with Gasteiger partial charge in [-0.2, -0.15) is 8.78 Å². The van der Waals surface area contributed by atoms with Crippen molar-refractivity contribution in [3.63, 3.8) is 0 Å². The highest BCUT2D eigenvalue weighted by atomic mass is 19.3. The Labute approximate surface area is 155 Å². The van der Waals surface area contributed by atoms with Crippen molar-refractivity contribution in [2.45, 2.75) is 39.2 Å². The number of alkyl halides is 2. The summed E-state index contributed by atoms with van der Waals surface area (Å²) in [6, 6.07) is 6.25. The molecule has 0 spiro atoms. The number of rotatable bonds is 5. The third-order valence-corrected chi connectivity index (χ3v) is 4.50. The van der Waals surface area contributed by atoms with Crippen molar-refractivity contribution in [1.82, 2.24) is 19.5 Å². The van der Waals surface area contributed by atoms with Crippen molar-refractivity contribution >= 4 is 11.5 Å². The molecule has 27 heavy (non-hydrogen) atoms. The monoisotopic (exact) mass is 371 g/mol. The molecule has 0 radical (unpaired) electrons. The maximum absolute atomic E-state index is 12.2. The summed E-state index contributed by atoms with van der Waals surface area (Å²) in [4.78, 5) is 13.6. The minimum absolute atomic E-state index is 0.107. The molecule has 1 aliphatic carbocycles. The van der Waals surface area contributed by atoms with Gasteiger partial charge in [0, 0.05) is 11.4 Å². The second-order valence-electron chi connectivity index (χ2n) is 6.39. The Balaban J connectivity index is 1.58. The molecule has 1 aromatic carbocycles. The highest BCUT2D eigenvalue weighted by Crippen LogP contribution is 2.25. The van der Waals surface area contributed by atoms with E-state index in [1.807, 2.05) is 6.92 Å². The molecule has 4 rings (SSSR count). The van der Waals surface area contributed by atoms with Crippen molar-refractivity contribution < 1.29 is 13.5 Å². The van der Waals surface area contributed by atoms with Gasteiger partial charge in [-0.3, -0.25) is 9.55 Å². The van der Waals surface area contributed by atoms with Crippen molar-refractivity contribution in [3.05, 3.63) is 53.9 Å². The molecule has 0 unspecified atom stereocenters. The Morgan fingerprint density at radius 1 is 1.07 bits per heavy atom. The molecular weight excluding hydrogens is 352 g/mol. The number of benzene rings is 1. The number of hydrogen-bond donors (Lipinski definition) is 1. The summed E-state index contributed by atoms with van der Waals surface area (Å²) in [6.07, 6.45) is 7.64. The molecule has 2 heterocycles. The number of halogens is 2. The van der Waals surface area contributed by atoms with E-state index in [0.717, 1.165) is 30.8 Å². The van der Waals surface area contributed by atoms with E-state index in [1.165, 1.54) is 24.2 Å². The molecule has 0 atom stereocenters. The fraction of sp³-hybridized carbons (Fsp3) is 0.316. The smallest absolute Gasteiger partial charge is 0.387 e. The summed E-state index contributed by atoms with van der Waals surface area (Å²) in [5, 5.41) is 3.14. The van der Waals surface area contributed by atoms with Gasteiger partial charge in [0.25, 0.3) is 0 Å². The summed E-state index contributed by atoms with van der Waals surface area (Å²) in [5.41, 5.74) is 3.06. The van der Waals surface area contributed by atoms with Gasteiger partial charge in [-0.15, -0.1) is 0 Å². The van der Waals surface area contributed by atoms with Crippen LogP contribution in [0.4, 0.5) is 20.3 Å². The highest BCUT2D eigenvalue weighted by Gasteiger charge is 2.20. The van der Waals surface area contributed by atoms with E-state index in [0.29, 0.717) is 17.3 Å².